The van der Waals surface area contributed by atoms with Crippen molar-refractivity contribution in [2.75, 3.05) is 5.32 Å². The zero-order chi connectivity index (χ0) is 15.5. The van der Waals surface area contributed by atoms with Crippen LogP contribution in [0.25, 0.3) is 0 Å². The summed E-state index contributed by atoms with van der Waals surface area (Å²) in [5.41, 5.74) is 0.593. The number of anilines is 1. The van der Waals surface area contributed by atoms with Gasteiger partial charge in [-0.3, -0.25) is 0 Å². The monoisotopic (exact) mass is 301 g/mol. The van der Waals surface area contributed by atoms with Crippen LogP contribution in [0.15, 0.2) is 42.5 Å². The number of para-hydroxylation sites is 1. The Morgan fingerprint density at radius 1 is 1.10 bits per heavy atom. The van der Waals surface area contributed by atoms with Crippen LogP contribution in [-0.4, -0.2) is 11.5 Å². The normalized spacial score (nSPS) is 11.2. The Kier molecular flexibility index (Phi) is 4.21. The van der Waals surface area contributed by atoms with E-state index in [0.717, 1.165) is 12.1 Å². The Balaban J connectivity index is 2.11. The third-order valence-electron chi connectivity index (χ3n) is 2.63. The van der Waals surface area contributed by atoms with Crippen molar-refractivity contribution in [3.8, 4) is 11.5 Å². The molecule has 0 spiro atoms. The minimum Gasteiger partial charge on any atom is -0.505 e. The fourth-order valence-electron chi connectivity index (χ4n) is 1.69. The number of phenolic OH excluding ortho intramolecular Hbond substituents is 1. The van der Waals surface area contributed by atoms with Gasteiger partial charge in [-0.2, -0.15) is 0 Å². The predicted molar refractivity (Wildman–Crippen MR) is 68.5 cm³/mol. The molecule has 2 rings (SSSR count). The van der Waals surface area contributed by atoms with Crippen molar-refractivity contribution in [1.29, 1.82) is 0 Å². The lowest BCUT2D eigenvalue weighted by Crippen LogP contribution is -2.18. The molecule has 0 aliphatic heterocycles. The number of nitrogens with one attached hydrogen (secondary N) is 1. The van der Waals surface area contributed by atoms with E-state index in [-0.39, 0.29) is 17.9 Å². The number of phenols is 1. The maximum absolute atomic E-state index is 13.1. The van der Waals surface area contributed by atoms with Gasteiger partial charge in [-0.1, -0.05) is 18.2 Å². The van der Waals surface area contributed by atoms with Crippen molar-refractivity contribution in [2.24, 2.45) is 0 Å². The van der Waals surface area contributed by atoms with Gasteiger partial charge in [0.15, 0.2) is 11.6 Å². The number of hydrogen-bond donors (Lipinski definition) is 2. The first-order valence-corrected chi connectivity index (χ1v) is 5.91. The van der Waals surface area contributed by atoms with E-state index in [9.17, 15) is 17.6 Å². The summed E-state index contributed by atoms with van der Waals surface area (Å²) < 4.78 is 53.8. The van der Waals surface area contributed by atoms with E-state index < -0.39 is 17.9 Å². The third kappa shape index (κ3) is 4.27. The Labute approximate surface area is 117 Å². The molecule has 0 heterocycles. The summed E-state index contributed by atoms with van der Waals surface area (Å²) in [6.07, 6.45) is -4.78. The SMILES string of the molecule is Oc1ccc(NCc2ccccc2OC(F)(F)F)cc1F. The van der Waals surface area contributed by atoms with Gasteiger partial charge in [0.05, 0.1) is 0 Å². The number of ether oxygens (including phenoxy) is 1. The highest BCUT2D eigenvalue weighted by molar-refractivity contribution is 5.48. The van der Waals surface area contributed by atoms with Crippen molar-refractivity contribution < 1.29 is 27.4 Å². The highest BCUT2D eigenvalue weighted by Crippen LogP contribution is 2.27. The number of rotatable bonds is 4. The maximum atomic E-state index is 13.1. The predicted octanol–water partition coefficient (Wildman–Crippen LogP) is 4.04. The maximum Gasteiger partial charge on any atom is 0.573 e. The molecule has 0 aliphatic rings. The van der Waals surface area contributed by atoms with Crippen LogP contribution >= 0.6 is 0 Å². The molecule has 112 valence electrons. The molecular formula is C14H11F4NO2. The number of alkyl halides is 3. The second-order valence-electron chi connectivity index (χ2n) is 4.18. The largest absolute Gasteiger partial charge is 0.573 e. The minimum absolute atomic E-state index is 0.0104. The zero-order valence-corrected chi connectivity index (χ0v) is 10.6. The van der Waals surface area contributed by atoms with Crippen LogP contribution in [0.3, 0.4) is 0 Å². The van der Waals surface area contributed by atoms with E-state index in [0.29, 0.717) is 5.69 Å². The van der Waals surface area contributed by atoms with Crippen molar-refractivity contribution in [3.05, 3.63) is 53.8 Å². The summed E-state index contributed by atoms with van der Waals surface area (Å²) in [6.45, 7) is 0.0104. The van der Waals surface area contributed by atoms with Crippen molar-refractivity contribution in [1.82, 2.24) is 0 Å². The second kappa shape index (κ2) is 5.90. The van der Waals surface area contributed by atoms with Crippen molar-refractivity contribution in [2.45, 2.75) is 12.9 Å². The molecule has 0 aliphatic carbocycles. The molecule has 0 saturated heterocycles. The highest BCUT2D eigenvalue weighted by Gasteiger charge is 2.31. The molecule has 0 bridgehead atoms. The van der Waals surface area contributed by atoms with E-state index in [1.165, 1.54) is 24.3 Å². The zero-order valence-electron chi connectivity index (χ0n) is 10.6. The Hall–Kier alpha value is -2.44. The summed E-state index contributed by atoms with van der Waals surface area (Å²) >= 11 is 0. The van der Waals surface area contributed by atoms with Gasteiger partial charge in [0.25, 0.3) is 0 Å². The van der Waals surface area contributed by atoms with Crippen LogP contribution in [0.2, 0.25) is 0 Å². The van der Waals surface area contributed by atoms with Gasteiger partial charge in [0.2, 0.25) is 0 Å². The van der Waals surface area contributed by atoms with Crippen molar-refractivity contribution in [3.63, 3.8) is 0 Å². The molecule has 7 heteroatoms. The topological polar surface area (TPSA) is 41.5 Å². The average Bonchev–Trinajstić information content (AvgIpc) is 2.40. The van der Waals surface area contributed by atoms with Crippen LogP contribution in [0.1, 0.15) is 5.56 Å². The second-order valence-corrected chi connectivity index (χ2v) is 4.18. The lowest BCUT2D eigenvalue weighted by Gasteiger charge is -2.14. The molecule has 0 atom stereocenters. The fourth-order valence-corrected chi connectivity index (χ4v) is 1.69. The van der Waals surface area contributed by atoms with Gasteiger partial charge in [-0.25, -0.2) is 4.39 Å². The van der Waals surface area contributed by atoms with Crippen LogP contribution in [0, 0.1) is 5.82 Å². The van der Waals surface area contributed by atoms with Crippen LogP contribution in [0.5, 0.6) is 11.5 Å². The van der Waals surface area contributed by atoms with Gasteiger partial charge in [-0.05, 0) is 18.2 Å². The molecule has 0 unspecified atom stereocenters. The summed E-state index contributed by atoms with van der Waals surface area (Å²) in [5, 5.41) is 11.8. The molecule has 0 fully saturated rings. The lowest BCUT2D eigenvalue weighted by molar-refractivity contribution is -0.274. The molecule has 2 aromatic rings. The lowest BCUT2D eigenvalue weighted by atomic mass is 10.2. The molecule has 2 N–H and O–H groups in total. The number of hydrogen-bond acceptors (Lipinski definition) is 3. The van der Waals surface area contributed by atoms with Gasteiger partial charge >= 0.3 is 6.36 Å². The summed E-state index contributed by atoms with van der Waals surface area (Å²) in [4.78, 5) is 0. The van der Waals surface area contributed by atoms with E-state index >= 15 is 0 Å². The smallest absolute Gasteiger partial charge is 0.505 e. The molecule has 0 saturated carbocycles. The minimum atomic E-state index is -4.78. The molecule has 2 aromatic carbocycles. The molecule has 0 aromatic heterocycles. The average molecular weight is 301 g/mol. The molecule has 0 amide bonds. The quantitative estimate of drug-likeness (QED) is 0.661. The molecule has 0 radical (unpaired) electrons. The molecular weight excluding hydrogens is 290 g/mol. The molecule has 21 heavy (non-hydrogen) atoms. The van der Waals surface area contributed by atoms with Crippen LogP contribution in [0.4, 0.5) is 23.2 Å². The highest BCUT2D eigenvalue weighted by atomic mass is 19.4. The standard InChI is InChI=1S/C14H11F4NO2/c15-11-7-10(5-6-12(11)20)19-8-9-3-1-2-4-13(9)21-14(16,17)18/h1-7,19-20H,8H2. The number of halogens is 4. The van der Waals surface area contributed by atoms with Gasteiger partial charge in [0, 0.05) is 23.9 Å². The van der Waals surface area contributed by atoms with E-state index in [1.807, 2.05) is 0 Å². The van der Waals surface area contributed by atoms with Gasteiger partial charge in [-0.15, -0.1) is 13.2 Å². The van der Waals surface area contributed by atoms with E-state index in [1.54, 1.807) is 6.07 Å². The van der Waals surface area contributed by atoms with E-state index in [4.69, 9.17) is 5.11 Å². The Morgan fingerprint density at radius 3 is 2.48 bits per heavy atom. The summed E-state index contributed by atoms with van der Waals surface area (Å²) in [7, 11) is 0. The number of aromatic hydroxyl groups is 1. The van der Waals surface area contributed by atoms with Gasteiger partial charge in [0.1, 0.15) is 5.75 Å². The first-order valence-electron chi connectivity index (χ1n) is 5.91. The molecule has 3 nitrogen and oxygen atoms in total. The Morgan fingerprint density at radius 2 is 1.81 bits per heavy atom. The fraction of sp³-hybridized carbons (Fsp3) is 0.143. The number of benzene rings is 2. The first kappa shape index (κ1) is 15.0. The van der Waals surface area contributed by atoms with Gasteiger partial charge < -0.3 is 15.2 Å². The first-order chi connectivity index (χ1) is 9.85. The summed E-state index contributed by atoms with van der Waals surface area (Å²) in [6, 6.07) is 9.25. The van der Waals surface area contributed by atoms with Crippen LogP contribution < -0.4 is 10.1 Å². The Bertz CT molecular complexity index is 629. The summed E-state index contributed by atoms with van der Waals surface area (Å²) in [5.74, 6) is -1.64. The third-order valence-corrected chi connectivity index (χ3v) is 2.63. The van der Waals surface area contributed by atoms with Crippen LogP contribution in [-0.2, 0) is 6.54 Å². The van der Waals surface area contributed by atoms with E-state index in [2.05, 4.69) is 10.1 Å². The van der Waals surface area contributed by atoms with Crippen molar-refractivity contribution >= 4 is 5.69 Å².